The van der Waals surface area contributed by atoms with Crippen LogP contribution in [0.3, 0.4) is 0 Å². The summed E-state index contributed by atoms with van der Waals surface area (Å²) < 4.78 is 5.27. The van der Waals surface area contributed by atoms with Crippen LogP contribution in [0, 0.1) is 0 Å². The number of carbonyl (C=O) groups is 1. The van der Waals surface area contributed by atoms with Crippen molar-refractivity contribution < 1.29 is 9.53 Å². The summed E-state index contributed by atoms with van der Waals surface area (Å²) >= 11 is 12.2. The van der Waals surface area contributed by atoms with E-state index in [1.54, 1.807) is 16.9 Å². The highest BCUT2D eigenvalue weighted by Crippen LogP contribution is 2.32. The van der Waals surface area contributed by atoms with E-state index < -0.39 is 0 Å². The van der Waals surface area contributed by atoms with Crippen molar-refractivity contribution in [1.29, 1.82) is 0 Å². The third kappa shape index (κ3) is 4.71. The quantitative estimate of drug-likeness (QED) is 0.343. The number of aromatic nitrogens is 3. The first-order chi connectivity index (χ1) is 15.5. The number of nitrogens with one attached hydrogen (secondary N) is 1. The van der Waals surface area contributed by atoms with Gasteiger partial charge in [0.1, 0.15) is 16.8 Å². The molecule has 0 spiro atoms. The molecule has 4 rings (SSSR count). The average Bonchev–Trinajstić information content (AvgIpc) is 3.21. The number of carbonyl (C=O) groups excluding carboxylic acids is 1. The van der Waals surface area contributed by atoms with Crippen LogP contribution in [0.1, 0.15) is 35.7 Å². The van der Waals surface area contributed by atoms with Crippen LogP contribution in [-0.4, -0.2) is 28.0 Å². The summed E-state index contributed by atoms with van der Waals surface area (Å²) in [7, 11) is 1.45. The SMILES string of the molecule is CCCCc1ccc(-n2nc3ccc(NC(=O)c4cc(Cl)cc(Cl)c4OC)cc3n2)cc1. The zero-order chi connectivity index (χ0) is 22.7. The highest BCUT2D eigenvalue weighted by atomic mass is 35.5. The predicted molar refractivity (Wildman–Crippen MR) is 128 cm³/mol. The van der Waals surface area contributed by atoms with Crippen LogP contribution >= 0.6 is 23.2 Å². The maximum absolute atomic E-state index is 12.8. The highest BCUT2D eigenvalue weighted by molar-refractivity contribution is 6.36. The van der Waals surface area contributed by atoms with Gasteiger partial charge in [0.25, 0.3) is 5.91 Å². The molecule has 1 amide bonds. The second kappa shape index (κ2) is 9.59. The number of amides is 1. The first-order valence-corrected chi connectivity index (χ1v) is 11.0. The van der Waals surface area contributed by atoms with Gasteiger partial charge in [-0.3, -0.25) is 4.79 Å². The fourth-order valence-corrected chi connectivity index (χ4v) is 3.99. The molecule has 0 saturated heterocycles. The van der Waals surface area contributed by atoms with Gasteiger partial charge in [-0.15, -0.1) is 10.2 Å². The standard InChI is InChI=1S/C24H22Cl2N4O2/c1-3-4-5-15-6-9-18(10-7-15)30-28-21-11-8-17(14-22(21)29-30)27-24(31)19-12-16(25)13-20(26)23(19)32-2/h6-14H,3-5H2,1-2H3,(H,27,31). The van der Waals surface area contributed by atoms with Gasteiger partial charge >= 0.3 is 0 Å². The number of anilines is 1. The van der Waals surface area contributed by atoms with Crippen LogP contribution in [0.25, 0.3) is 16.7 Å². The number of hydrogen-bond acceptors (Lipinski definition) is 4. The van der Waals surface area contributed by atoms with Crippen LogP contribution in [0.4, 0.5) is 5.69 Å². The molecule has 0 aliphatic carbocycles. The molecule has 32 heavy (non-hydrogen) atoms. The zero-order valence-corrected chi connectivity index (χ0v) is 19.2. The number of hydrogen-bond donors (Lipinski definition) is 1. The van der Waals surface area contributed by atoms with Crippen LogP contribution < -0.4 is 10.1 Å². The molecule has 0 atom stereocenters. The third-order valence-corrected chi connectivity index (χ3v) is 5.58. The Balaban J connectivity index is 1.57. The minimum absolute atomic E-state index is 0.247. The lowest BCUT2D eigenvalue weighted by atomic mass is 10.1. The second-order valence-electron chi connectivity index (χ2n) is 7.39. The molecule has 0 fully saturated rings. The predicted octanol–water partition coefficient (Wildman–Crippen LogP) is 6.33. The van der Waals surface area contributed by atoms with Gasteiger partial charge in [0.2, 0.25) is 0 Å². The van der Waals surface area contributed by atoms with Crippen molar-refractivity contribution in [2.45, 2.75) is 26.2 Å². The molecule has 0 unspecified atom stereocenters. The van der Waals surface area contributed by atoms with E-state index >= 15 is 0 Å². The molecule has 0 bridgehead atoms. The molecule has 1 N–H and O–H groups in total. The van der Waals surface area contributed by atoms with Gasteiger partial charge < -0.3 is 10.1 Å². The number of unbranched alkanes of at least 4 members (excludes halogenated alkanes) is 1. The second-order valence-corrected chi connectivity index (χ2v) is 8.23. The summed E-state index contributed by atoms with van der Waals surface area (Å²) in [5.74, 6) is -0.122. The molecule has 0 saturated carbocycles. The third-order valence-electron chi connectivity index (χ3n) is 5.08. The first kappa shape index (κ1) is 22.1. The zero-order valence-electron chi connectivity index (χ0n) is 17.7. The van der Waals surface area contributed by atoms with Gasteiger partial charge in [0, 0.05) is 10.7 Å². The number of fused-ring (bicyclic) bond motifs is 1. The Kier molecular flexibility index (Phi) is 6.63. The van der Waals surface area contributed by atoms with Crippen LogP contribution in [-0.2, 0) is 6.42 Å². The summed E-state index contributed by atoms with van der Waals surface area (Å²) in [6, 6.07) is 16.6. The fraction of sp³-hybridized carbons (Fsp3) is 0.208. The van der Waals surface area contributed by atoms with Gasteiger partial charge in [-0.25, -0.2) is 0 Å². The molecule has 3 aromatic carbocycles. The first-order valence-electron chi connectivity index (χ1n) is 10.3. The Morgan fingerprint density at radius 3 is 2.50 bits per heavy atom. The van der Waals surface area contributed by atoms with Gasteiger partial charge in [-0.2, -0.15) is 4.80 Å². The van der Waals surface area contributed by atoms with Crippen molar-refractivity contribution in [2.75, 3.05) is 12.4 Å². The lowest BCUT2D eigenvalue weighted by Crippen LogP contribution is -2.13. The number of ether oxygens (including phenoxy) is 1. The highest BCUT2D eigenvalue weighted by Gasteiger charge is 2.17. The molecule has 0 aliphatic heterocycles. The maximum atomic E-state index is 12.8. The number of nitrogens with zero attached hydrogens (tertiary/aromatic N) is 3. The molecule has 4 aromatic rings. The molecule has 164 valence electrons. The van der Waals surface area contributed by atoms with Crippen LogP contribution in [0.5, 0.6) is 5.75 Å². The topological polar surface area (TPSA) is 69.0 Å². The molecule has 1 heterocycles. The van der Waals surface area contributed by atoms with E-state index in [1.165, 1.54) is 37.6 Å². The Labute approximate surface area is 196 Å². The Bertz CT molecular complexity index is 1270. The van der Waals surface area contributed by atoms with Gasteiger partial charge in [-0.05, 0) is 60.9 Å². The van der Waals surface area contributed by atoms with E-state index in [0.29, 0.717) is 16.2 Å². The number of benzene rings is 3. The van der Waals surface area contributed by atoms with Crippen molar-refractivity contribution in [3.63, 3.8) is 0 Å². The summed E-state index contributed by atoms with van der Waals surface area (Å²) in [6.45, 7) is 2.19. The minimum atomic E-state index is -0.388. The Hall–Kier alpha value is -3.09. The Morgan fingerprint density at radius 1 is 1.03 bits per heavy atom. The average molecular weight is 469 g/mol. The van der Waals surface area contributed by atoms with E-state index in [0.717, 1.165) is 17.6 Å². The van der Waals surface area contributed by atoms with Crippen molar-refractivity contribution >= 4 is 45.8 Å². The molecule has 8 heteroatoms. The summed E-state index contributed by atoms with van der Waals surface area (Å²) in [5.41, 5.74) is 4.38. The number of rotatable bonds is 7. The molecule has 1 aromatic heterocycles. The monoisotopic (exact) mass is 468 g/mol. The maximum Gasteiger partial charge on any atom is 0.259 e. The minimum Gasteiger partial charge on any atom is -0.494 e. The normalized spacial score (nSPS) is 11.0. The number of methoxy groups -OCH3 is 1. The number of aryl methyl sites for hydroxylation is 1. The molecular weight excluding hydrogens is 447 g/mol. The molecule has 0 radical (unpaired) electrons. The molecular formula is C24H22Cl2N4O2. The van der Waals surface area contributed by atoms with Crippen LogP contribution in [0.2, 0.25) is 10.0 Å². The van der Waals surface area contributed by atoms with E-state index in [4.69, 9.17) is 27.9 Å². The van der Waals surface area contributed by atoms with Gasteiger partial charge in [0.05, 0.1) is 23.4 Å². The van der Waals surface area contributed by atoms with Gasteiger partial charge in [0.15, 0.2) is 0 Å². The van der Waals surface area contributed by atoms with Crippen molar-refractivity contribution in [1.82, 2.24) is 15.0 Å². The largest absolute Gasteiger partial charge is 0.494 e. The number of halogens is 2. The summed E-state index contributed by atoms with van der Waals surface area (Å²) in [4.78, 5) is 14.4. The molecule has 0 aliphatic rings. The van der Waals surface area contributed by atoms with Crippen molar-refractivity contribution in [2.24, 2.45) is 0 Å². The lowest BCUT2D eigenvalue weighted by molar-refractivity contribution is 0.102. The van der Waals surface area contributed by atoms with E-state index in [2.05, 4.69) is 34.6 Å². The van der Waals surface area contributed by atoms with E-state index in [9.17, 15) is 4.79 Å². The molecule has 6 nitrogen and oxygen atoms in total. The smallest absolute Gasteiger partial charge is 0.259 e. The lowest BCUT2D eigenvalue weighted by Gasteiger charge is -2.11. The summed E-state index contributed by atoms with van der Waals surface area (Å²) in [6.07, 6.45) is 3.41. The summed E-state index contributed by atoms with van der Waals surface area (Å²) in [5, 5.41) is 12.6. The fourth-order valence-electron chi connectivity index (χ4n) is 3.42. The van der Waals surface area contributed by atoms with Crippen molar-refractivity contribution in [3.05, 3.63) is 75.8 Å². The van der Waals surface area contributed by atoms with Crippen molar-refractivity contribution in [3.8, 4) is 11.4 Å². The van der Waals surface area contributed by atoms with Crippen LogP contribution in [0.15, 0.2) is 54.6 Å². The van der Waals surface area contributed by atoms with E-state index in [1.807, 2.05) is 18.2 Å². The van der Waals surface area contributed by atoms with E-state index in [-0.39, 0.29) is 22.2 Å². The van der Waals surface area contributed by atoms with Gasteiger partial charge in [-0.1, -0.05) is 48.7 Å². The Morgan fingerprint density at radius 2 is 1.78 bits per heavy atom.